The van der Waals surface area contributed by atoms with Gasteiger partial charge in [0.15, 0.2) is 11.4 Å². The summed E-state index contributed by atoms with van der Waals surface area (Å²) in [5, 5.41) is 46.7. The number of benzene rings is 1. The van der Waals surface area contributed by atoms with Gasteiger partial charge in [0.25, 0.3) is 0 Å². The molecule has 1 aromatic carbocycles. The van der Waals surface area contributed by atoms with Crippen molar-refractivity contribution in [3.05, 3.63) is 47.0 Å². The number of esters is 2. The normalized spacial score (nSPS) is 42.7. The van der Waals surface area contributed by atoms with Gasteiger partial charge in [0.05, 0.1) is 35.7 Å². The van der Waals surface area contributed by atoms with Gasteiger partial charge in [-0.2, -0.15) is 0 Å². The van der Waals surface area contributed by atoms with Crippen LogP contribution in [0.1, 0.15) is 57.8 Å². The Morgan fingerprint density at radius 1 is 1.08 bits per heavy atom. The van der Waals surface area contributed by atoms with Crippen LogP contribution >= 0.6 is 0 Å². The number of carbonyl (C=O) groups is 3. The van der Waals surface area contributed by atoms with Gasteiger partial charge in [-0.05, 0) is 37.1 Å². The second-order valence-corrected chi connectivity index (χ2v) is 12.2. The van der Waals surface area contributed by atoms with E-state index in [-0.39, 0.29) is 30.6 Å². The number of ether oxygens (including phenoxy) is 3. The SMILES string of the molecule is CC(=O)O[C@@]12CO[C@@H]1C[C@H](O)[C@@]1(C)C(=O)[C@H](O)C3=C(C)C(O)C[C@@](O)(C(OC(=O)c4ccccc4)[C@H]21)C3(C)C. The molecule has 1 aromatic rings. The molecule has 1 saturated heterocycles. The van der Waals surface area contributed by atoms with Crippen LogP contribution in [0, 0.1) is 16.7 Å². The Morgan fingerprint density at radius 3 is 2.28 bits per heavy atom. The summed E-state index contributed by atoms with van der Waals surface area (Å²) in [5.41, 5.74) is -6.24. The Labute approximate surface area is 226 Å². The molecule has 39 heavy (non-hydrogen) atoms. The molecule has 4 aliphatic rings. The van der Waals surface area contributed by atoms with Crippen LogP contribution in [-0.2, 0) is 23.8 Å². The first-order valence-corrected chi connectivity index (χ1v) is 13.2. The smallest absolute Gasteiger partial charge is 0.338 e. The maximum absolute atomic E-state index is 14.3. The molecule has 1 aliphatic heterocycles. The number of Topliss-reactive ketones (excluding diaryl/α,β-unsaturated/α-hetero) is 1. The largest absolute Gasteiger partial charge is 0.455 e. The summed E-state index contributed by atoms with van der Waals surface area (Å²) < 4.78 is 17.7. The van der Waals surface area contributed by atoms with Crippen LogP contribution in [0.15, 0.2) is 41.5 Å². The molecule has 2 saturated carbocycles. The van der Waals surface area contributed by atoms with Gasteiger partial charge >= 0.3 is 11.9 Å². The van der Waals surface area contributed by atoms with Gasteiger partial charge in [-0.1, -0.05) is 32.0 Å². The van der Waals surface area contributed by atoms with E-state index < -0.39 is 76.2 Å². The first-order valence-electron chi connectivity index (χ1n) is 13.2. The van der Waals surface area contributed by atoms with Crippen molar-refractivity contribution < 1.29 is 49.0 Å². The highest BCUT2D eigenvalue weighted by Crippen LogP contribution is 2.63. The monoisotopic (exact) mass is 544 g/mol. The Morgan fingerprint density at radius 2 is 1.72 bits per heavy atom. The second kappa shape index (κ2) is 8.94. The molecule has 10 nitrogen and oxygen atoms in total. The fourth-order valence-electron chi connectivity index (χ4n) is 7.66. The van der Waals surface area contributed by atoms with E-state index in [2.05, 4.69) is 0 Å². The zero-order chi connectivity index (χ0) is 28.7. The maximum atomic E-state index is 14.3. The van der Waals surface area contributed by atoms with E-state index in [1.165, 1.54) is 26.0 Å². The van der Waals surface area contributed by atoms with Crippen LogP contribution in [-0.4, -0.2) is 86.5 Å². The summed E-state index contributed by atoms with van der Waals surface area (Å²) in [6.07, 6.45) is -7.26. The molecule has 1 heterocycles. The van der Waals surface area contributed by atoms with E-state index in [0.29, 0.717) is 5.57 Å². The zero-order valence-corrected chi connectivity index (χ0v) is 22.7. The van der Waals surface area contributed by atoms with Crippen LogP contribution < -0.4 is 0 Å². The predicted octanol–water partition coefficient (Wildman–Crippen LogP) is 1.08. The third-order valence-corrected chi connectivity index (χ3v) is 9.95. The highest BCUT2D eigenvalue weighted by Gasteiger charge is 2.77. The van der Waals surface area contributed by atoms with Crippen molar-refractivity contribution in [2.24, 2.45) is 16.7 Å². The molecule has 3 aliphatic carbocycles. The van der Waals surface area contributed by atoms with Gasteiger partial charge in [0, 0.05) is 25.2 Å². The summed E-state index contributed by atoms with van der Waals surface area (Å²) in [7, 11) is 0. The summed E-state index contributed by atoms with van der Waals surface area (Å²) in [5.74, 6) is -3.60. The molecule has 3 fully saturated rings. The van der Waals surface area contributed by atoms with Crippen molar-refractivity contribution in [3.8, 4) is 0 Å². The minimum absolute atomic E-state index is 0.0828. The fraction of sp³-hybridized carbons (Fsp3) is 0.621. The number of carbonyl (C=O) groups excluding carboxylic acids is 3. The van der Waals surface area contributed by atoms with E-state index >= 15 is 0 Å². The van der Waals surface area contributed by atoms with Gasteiger partial charge in [0.2, 0.25) is 0 Å². The van der Waals surface area contributed by atoms with Crippen LogP contribution in [0.3, 0.4) is 0 Å². The van der Waals surface area contributed by atoms with E-state index in [4.69, 9.17) is 14.2 Å². The van der Waals surface area contributed by atoms with Crippen molar-refractivity contribution in [3.63, 3.8) is 0 Å². The number of aliphatic hydroxyl groups excluding tert-OH is 3. The standard InChI is InChI=1S/C29H36O10/c1-14-17(31)12-29(36)24(38-25(35)16-9-7-6-8-10-16)22-27(5,23(34)21(33)20(14)26(29,3)4)18(32)11-19-28(22,13-37-19)39-15(2)30/h6-10,17-19,21-22,24,31-33,36H,11-13H2,1-5H3/t17?,18-,19+,21+,22-,24?,27+,28-,29+/m0/s1. The molecule has 0 amide bonds. The van der Waals surface area contributed by atoms with Crippen molar-refractivity contribution in [1.82, 2.24) is 0 Å². The molecule has 4 N–H and O–H groups in total. The van der Waals surface area contributed by atoms with Gasteiger partial charge in [-0.25, -0.2) is 4.79 Å². The first kappa shape index (κ1) is 27.9. The van der Waals surface area contributed by atoms with E-state index in [0.717, 1.165) is 0 Å². The number of rotatable bonds is 3. The number of hydrogen-bond donors (Lipinski definition) is 4. The van der Waals surface area contributed by atoms with Gasteiger partial charge < -0.3 is 34.6 Å². The third kappa shape index (κ3) is 3.62. The van der Waals surface area contributed by atoms with Gasteiger partial charge in [-0.3, -0.25) is 9.59 Å². The third-order valence-electron chi connectivity index (χ3n) is 9.95. The average molecular weight is 545 g/mol. The lowest BCUT2D eigenvalue weighted by atomic mass is 9.44. The van der Waals surface area contributed by atoms with Gasteiger partial charge in [0.1, 0.15) is 23.9 Å². The van der Waals surface area contributed by atoms with E-state index in [1.54, 1.807) is 39.0 Å². The molecular formula is C29H36O10. The topological polar surface area (TPSA) is 160 Å². The van der Waals surface area contributed by atoms with Crippen LogP contribution in [0.4, 0.5) is 0 Å². The quantitative estimate of drug-likeness (QED) is 0.320. The summed E-state index contributed by atoms with van der Waals surface area (Å²) in [4.78, 5) is 40.3. The molecule has 2 bridgehead atoms. The number of ketones is 1. The summed E-state index contributed by atoms with van der Waals surface area (Å²) in [6.45, 7) is 7.29. The Balaban J connectivity index is 1.81. The van der Waals surface area contributed by atoms with Crippen molar-refractivity contribution in [2.75, 3.05) is 6.61 Å². The van der Waals surface area contributed by atoms with Crippen molar-refractivity contribution >= 4 is 17.7 Å². The minimum Gasteiger partial charge on any atom is -0.455 e. The highest BCUT2D eigenvalue weighted by molar-refractivity contribution is 5.94. The second-order valence-electron chi connectivity index (χ2n) is 12.2. The van der Waals surface area contributed by atoms with Crippen LogP contribution in [0.25, 0.3) is 0 Å². The number of fused-ring (bicyclic) bond motifs is 5. The average Bonchev–Trinajstić information content (AvgIpc) is 2.87. The minimum atomic E-state index is -2.07. The zero-order valence-electron chi connectivity index (χ0n) is 22.7. The molecule has 2 unspecified atom stereocenters. The Bertz CT molecular complexity index is 1240. The maximum Gasteiger partial charge on any atom is 0.338 e. The Hall–Kier alpha value is -2.63. The number of aliphatic hydroxyl groups is 4. The fourth-order valence-corrected chi connectivity index (χ4v) is 7.66. The van der Waals surface area contributed by atoms with Crippen molar-refractivity contribution in [2.45, 2.75) is 89.2 Å². The lowest BCUT2D eigenvalue weighted by molar-refractivity contribution is -0.345. The molecule has 0 spiro atoms. The van der Waals surface area contributed by atoms with Crippen LogP contribution in [0.5, 0.6) is 0 Å². The predicted molar refractivity (Wildman–Crippen MR) is 135 cm³/mol. The highest BCUT2D eigenvalue weighted by atomic mass is 16.6. The molecule has 212 valence electrons. The molecule has 10 heteroatoms. The molecule has 9 atom stereocenters. The van der Waals surface area contributed by atoms with Gasteiger partial charge in [-0.15, -0.1) is 0 Å². The van der Waals surface area contributed by atoms with Crippen LogP contribution in [0.2, 0.25) is 0 Å². The lowest BCUT2D eigenvalue weighted by Gasteiger charge is -2.67. The summed E-state index contributed by atoms with van der Waals surface area (Å²) >= 11 is 0. The van der Waals surface area contributed by atoms with E-state index in [1.807, 2.05) is 0 Å². The molecule has 5 rings (SSSR count). The molecular weight excluding hydrogens is 508 g/mol. The summed E-state index contributed by atoms with van der Waals surface area (Å²) in [6, 6.07) is 8.08. The number of hydrogen-bond acceptors (Lipinski definition) is 10. The van der Waals surface area contributed by atoms with Crippen molar-refractivity contribution in [1.29, 1.82) is 0 Å². The molecule has 0 radical (unpaired) electrons. The Kier molecular flexibility index (Phi) is 6.40. The lowest BCUT2D eigenvalue weighted by Crippen LogP contribution is -2.81. The first-order chi connectivity index (χ1) is 18.1. The van der Waals surface area contributed by atoms with E-state index in [9.17, 15) is 34.8 Å². The molecule has 0 aromatic heterocycles.